The van der Waals surface area contributed by atoms with E-state index < -0.39 is 33.6 Å². The highest BCUT2D eigenvalue weighted by Gasteiger charge is 2.34. The van der Waals surface area contributed by atoms with Crippen LogP contribution in [0.5, 0.6) is 0 Å². The minimum absolute atomic E-state index is 0.104. The van der Waals surface area contributed by atoms with Crippen LogP contribution < -0.4 is 11.1 Å². The van der Waals surface area contributed by atoms with E-state index in [2.05, 4.69) is 10.3 Å². The summed E-state index contributed by atoms with van der Waals surface area (Å²) < 4.78 is 23.9. The van der Waals surface area contributed by atoms with Gasteiger partial charge in [-0.2, -0.15) is 0 Å². The first-order valence-electron chi connectivity index (χ1n) is 9.73. The molecule has 1 aliphatic heterocycles. The Hall–Kier alpha value is -3.27. The molecule has 3 rings (SSSR count). The van der Waals surface area contributed by atoms with Crippen molar-refractivity contribution >= 4 is 33.2 Å². The molecule has 2 aromatic rings. The number of amides is 3. The molecule has 3 amide bonds. The third-order valence-corrected chi connectivity index (χ3v) is 6.33. The van der Waals surface area contributed by atoms with E-state index in [1.165, 1.54) is 29.4 Å². The number of aromatic nitrogens is 1. The van der Waals surface area contributed by atoms with E-state index in [1.807, 2.05) is 6.92 Å². The molecule has 31 heavy (non-hydrogen) atoms. The lowest BCUT2D eigenvalue weighted by molar-refractivity contribution is -0.146. The second-order valence-electron chi connectivity index (χ2n) is 7.78. The fraction of sp³-hybridized carbons (Fsp3) is 0.333. The van der Waals surface area contributed by atoms with Crippen LogP contribution in [0.4, 0.5) is 5.69 Å². The van der Waals surface area contributed by atoms with Gasteiger partial charge in [-0.3, -0.25) is 19.4 Å². The SMILES string of the molecule is C[C@@H]1CC[C@@H](c2cccc(S(C)(=O)=O)c2)N(C(=O)C(=O)Nc2cncc(C(N)=O)c2)C1. The van der Waals surface area contributed by atoms with Crippen LogP contribution in [0.1, 0.15) is 41.7 Å². The predicted octanol–water partition coefficient (Wildman–Crippen LogP) is 1.52. The fourth-order valence-electron chi connectivity index (χ4n) is 3.63. The minimum atomic E-state index is -3.41. The minimum Gasteiger partial charge on any atom is -0.366 e. The van der Waals surface area contributed by atoms with E-state index in [-0.39, 0.29) is 22.1 Å². The summed E-state index contributed by atoms with van der Waals surface area (Å²) in [6, 6.07) is 7.36. The van der Waals surface area contributed by atoms with Crippen molar-refractivity contribution in [2.75, 3.05) is 18.1 Å². The van der Waals surface area contributed by atoms with E-state index in [4.69, 9.17) is 5.73 Å². The zero-order valence-corrected chi connectivity index (χ0v) is 18.1. The lowest BCUT2D eigenvalue weighted by Gasteiger charge is -2.38. The van der Waals surface area contributed by atoms with Crippen LogP contribution in [0.2, 0.25) is 0 Å². The highest BCUT2D eigenvalue weighted by molar-refractivity contribution is 7.90. The number of nitrogens with two attached hydrogens (primary N) is 1. The van der Waals surface area contributed by atoms with Gasteiger partial charge in [0.2, 0.25) is 5.91 Å². The van der Waals surface area contributed by atoms with Gasteiger partial charge in [0.15, 0.2) is 9.84 Å². The van der Waals surface area contributed by atoms with Gasteiger partial charge in [-0.25, -0.2) is 8.42 Å². The maximum atomic E-state index is 13.0. The molecule has 0 saturated carbocycles. The van der Waals surface area contributed by atoms with Gasteiger partial charge in [0.1, 0.15) is 0 Å². The topological polar surface area (TPSA) is 140 Å². The molecular weight excluding hydrogens is 420 g/mol. The van der Waals surface area contributed by atoms with E-state index >= 15 is 0 Å². The Balaban J connectivity index is 1.85. The molecule has 0 bridgehead atoms. The first-order chi connectivity index (χ1) is 14.6. The summed E-state index contributed by atoms with van der Waals surface area (Å²) in [6.07, 6.45) is 5.13. The second-order valence-corrected chi connectivity index (χ2v) is 9.80. The van der Waals surface area contributed by atoms with Gasteiger partial charge >= 0.3 is 11.8 Å². The number of pyridine rings is 1. The summed E-state index contributed by atoms with van der Waals surface area (Å²) >= 11 is 0. The van der Waals surface area contributed by atoms with Crippen LogP contribution in [0.15, 0.2) is 47.6 Å². The maximum absolute atomic E-state index is 13.0. The van der Waals surface area contributed by atoms with Crippen molar-refractivity contribution in [3.8, 4) is 0 Å². The Bertz CT molecular complexity index is 1130. The number of carbonyl (C=O) groups is 3. The summed E-state index contributed by atoms with van der Waals surface area (Å²) in [7, 11) is -3.41. The molecule has 0 spiro atoms. The van der Waals surface area contributed by atoms with Crippen molar-refractivity contribution in [1.29, 1.82) is 0 Å². The molecule has 1 aliphatic rings. The van der Waals surface area contributed by atoms with E-state index in [9.17, 15) is 22.8 Å². The molecule has 0 aliphatic carbocycles. The monoisotopic (exact) mass is 444 g/mol. The van der Waals surface area contributed by atoms with Crippen molar-refractivity contribution in [2.45, 2.75) is 30.7 Å². The standard InChI is InChI=1S/C21H24N4O5S/c1-13-6-7-18(14-4-3-5-17(9-14)31(2,29)30)25(12-13)21(28)20(27)24-16-8-15(19(22)26)10-23-11-16/h3-5,8-11,13,18H,6-7,12H2,1-2H3,(H2,22,26)(H,24,27)/t13-,18+/m1/s1. The highest BCUT2D eigenvalue weighted by atomic mass is 32.2. The number of nitrogens with one attached hydrogen (secondary N) is 1. The molecule has 10 heteroatoms. The molecule has 1 aromatic carbocycles. The molecular formula is C21H24N4O5S. The van der Waals surface area contributed by atoms with Crippen LogP contribution in [0.25, 0.3) is 0 Å². The first-order valence-corrected chi connectivity index (χ1v) is 11.6. The Kier molecular flexibility index (Phi) is 6.40. The zero-order valence-electron chi connectivity index (χ0n) is 17.2. The van der Waals surface area contributed by atoms with Crippen molar-refractivity contribution in [1.82, 2.24) is 9.88 Å². The number of sulfone groups is 1. The average molecular weight is 445 g/mol. The third-order valence-electron chi connectivity index (χ3n) is 5.22. The smallest absolute Gasteiger partial charge is 0.313 e. The molecule has 9 nitrogen and oxygen atoms in total. The number of likely N-dealkylation sites (tertiary alicyclic amines) is 1. The summed E-state index contributed by atoms with van der Waals surface area (Å²) in [5, 5.41) is 2.46. The molecule has 164 valence electrons. The predicted molar refractivity (Wildman–Crippen MR) is 114 cm³/mol. The number of piperidine rings is 1. The Morgan fingerprint density at radius 2 is 1.90 bits per heavy atom. The molecule has 1 saturated heterocycles. The van der Waals surface area contributed by atoms with Gasteiger partial charge in [0, 0.05) is 19.0 Å². The zero-order chi connectivity index (χ0) is 22.8. The summed E-state index contributed by atoms with van der Waals surface area (Å²) in [5.74, 6) is -2.14. The van der Waals surface area contributed by atoms with Crippen molar-refractivity contribution in [3.05, 3.63) is 53.9 Å². The van der Waals surface area contributed by atoms with E-state index in [1.54, 1.807) is 18.2 Å². The quantitative estimate of drug-likeness (QED) is 0.686. The number of benzene rings is 1. The van der Waals surface area contributed by atoms with E-state index in [0.29, 0.717) is 18.5 Å². The number of primary amides is 1. The molecule has 0 radical (unpaired) electrons. The van der Waals surface area contributed by atoms with Crippen LogP contribution in [-0.2, 0) is 19.4 Å². The Labute approximate surface area is 180 Å². The van der Waals surface area contributed by atoms with Crippen LogP contribution in [-0.4, -0.2) is 48.8 Å². The highest BCUT2D eigenvalue weighted by Crippen LogP contribution is 2.34. The van der Waals surface area contributed by atoms with Crippen LogP contribution in [0.3, 0.4) is 0 Å². The normalized spacial score (nSPS) is 19.0. The number of anilines is 1. The maximum Gasteiger partial charge on any atom is 0.313 e. The number of rotatable bonds is 4. The molecule has 2 atom stereocenters. The summed E-state index contributed by atoms with van der Waals surface area (Å²) in [4.78, 5) is 42.5. The fourth-order valence-corrected chi connectivity index (χ4v) is 4.31. The second kappa shape index (κ2) is 8.84. The lowest BCUT2D eigenvalue weighted by Crippen LogP contribution is -2.46. The first kappa shape index (κ1) is 22.4. The Morgan fingerprint density at radius 3 is 2.58 bits per heavy atom. The number of nitrogens with zero attached hydrogens (tertiary/aromatic N) is 2. The molecule has 2 heterocycles. The van der Waals surface area contributed by atoms with Gasteiger partial charge in [-0.1, -0.05) is 19.1 Å². The summed E-state index contributed by atoms with van der Waals surface area (Å²) in [5.41, 5.74) is 6.16. The van der Waals surface area contributed by atoms with Crippen molar-refractivity contribution in [2.24, 2.45) is 11.7 Å². The molecule has 3 N–H and O–H groups in total. The molecule has 1 fully saturated rings. The van der Waals surface area contributed by atoms with Gasteiger partial charge in [-0.15, -0.1) is 0 Å². The van der Waals surface area contributed by atoms with Crippen molar-refractivity contribution in [3.63, 3.8) is 0 Å². The average Bonchev–Trinajstić information content (AvgIpc) is 2.72. The van der Waals surface area contributed by atoms with Gasteiger partial charge in [-0.05, 0) is 42.5 Å². The lowest BCUT2D eigenvalue weighted by atomic mass is 9.90. The van der Waals surface area contributed by atoms with Crippen LogP contribution >= 0.6 is 0 Å². The van der Waals surface area contributed by atoms with Crippen molar-refractivity contribution < 1.29 is 22.8 Å². The third kappa shape index (κ3) is 5.26. The number of hydrogen-bond acceptors (Lipinski definition) is 6. The molecule has 1 aromatic heterocycles. The van der Waals surface area contributed by atoms with Gasteiger partial charge < -0.3 is 16.0 Å². The largest absolute Gasteiger partial charge is 0.366 e. The summed E-state index contributed by atoms with van der Waals surface area (Å²) in [6.45, 7) is 2.35. The van der Waals surface area contributed by atoms with Crippen LogP contribution in [0, 0.1) is 5.92 Å². The Morgan fingerprint density at radius 1 is 1.16 bits per heavy atom. The molecule has 0 unspecified atom stereocenters. The van der Waals surface area contributed by atoms with Gasteiger partial charge in [0.05, 0.1) is 28.4 Å². The number of hydrogen-bond donors (Lipinski definition) is 2. The van der Waals surface area contributed by atoms with E-state index in [0.717, 1.165) is 12.7 Å². The van der Waals surface area contributed by atoms with Gasteiger partial charge in [0.25, 0.3) is 0 Å². The number of carbonyl (C=O) groups excluding carboxylic acids is 3.